The summed E-state index contributed by atoms with van der Waals surface area (Å²) in [4.78, 5) is 12.7. The maximum absolute atomic E-state index is 5.53. The highest BCUT2D eigenvalue weighted by Gasteiger charge is 2.05. The van der Waals surface area contributed by atoms with Crippen LogP contribution in [0.3, 0.4) is 0 Å². The topological polar surface area (TPSA) is 64.7 Å². The molecule has 0 fully saturated rings. The lowest BCUT2D eigenvalue weighted by molar-refractivity contribution is 0.851. The molecule has 0 aliphatic rings. The van der Waals surface area contributed by atoms with Gasteiger partial charge in [-0.25, -0.2) is 15.0 Å². The van der Waals surface area contributed by atoms with Gasteiger partial charge in [-0.2, -0.15) is 0 Å². The second-order valence-corrected chi connectivity index (χ2v) is 4.25. The molecule has 2 rings (SSSR count). The summed E-state index contributed by atoms with van der Waals surface area (Å²) >= 11 is 3.42. The van der Waals surface area contributed by atoms with Crippen molar-refractivity contribution in [1.82, 2.24) is 15.0 Å². The first kappa shape index (κ1) is 11.2. The monoisotopic (exact) mass is 278 g/mol. The lowest BCUT2D eigenvalue weighted by Gasteiger charge is -2.03. The Balaban J connectivity index is 2.51. The van der Waals surface area contributed by atoms with Gasteiger partial charge in [0.25, 0.3) is 0 Å². The van der Waals surface area contributed by atoms with E-state index >= 15 is 0 Å². The molecule has 1 aromatic carbocycles. The van der Waals surface area contributed by atoms with Gasteiger partial charge in [0.1, 0.15) is 11.6 Å². The van der Waals surface area contributed by atoms with Crippen molar-refractivity contribution in [3.63, 3.8) is 0 Å². The second kappa shape index (κ2) is 4.67. The maximum atomic E-state index is 5.53. The van der Waals surface area contributed by atoms with Crippen LogP contribution in [0.5, 0.6) is 0 Å². The van der Waals surface area contributed by atoms with Crippen LogP contribution in [0, 0.1) is 6.92 Å². The lowest BCUT2D eigenvalue weighted by Crippen LogP contribution is -2.07. The Hall–Kier alpha value is -1.33. The van der Waals surface area contributed by atoms with E-state index in [1.54, 1.807) is 0 Å². The van der Waals surface area contributed by atoms with Crippen molar-refractivity contribution >= 4 is 15.9 Å². The molecule has 0 saturated carbocycles. The Morgan fingerprint density at radius 3 is 2.75 bits per heavy atom. The molecule has 0 unspecified atom stereocenters. The molecule has 0 amide bonds. The number of aromatic nitrogens is 3. The molecular formula is C11H11BrN4. The fourth-order valence-corrected chi connectivity index (χ4v) is 1.78. The van der Waals surface area contributed by atoms with Crippen molar-refractivity contribution < 1.29 is 0 Å². The molecule has 0 saturated heterocycles. The fraction of sp³-hybridized carbons (Fsp3) is 0.182. The lowest BCUT2D eigenvalue weighted by atomic mass is 10.2. The van der Waals surface area contributed by atoms with E-state index in [1.165, 1.54) is 0 Å². The molecule has 0 atom stereocenters. The molecule has 5 heteroatoms. The molecular weight excluding hydrogens is 268 g/mol. The third-order valence-corrected chi connectivity index (χ3v) is 2.55. The van der Waals surface area contributed by atoms with Crippen LogP contribution in [0.25, 0.3) is 11.4 Å². The molecule has 1 heterocycles. The number of aryl methyl sites for hydroxylation is 1. The zero-order chi connectivity index (χ0) is 11.5. The van der Waals surface area contributed by atoms with Gasteiger partial charge < -0.3 is 5.73 Å². The summed E-state index contributed by atoms with van der Waals surface area (Å²) in [6.07, 6.45) is 0. The number of nitrogens with zero attached hydrogens (tertiary/aromatic N) is 3. The summed E-state index contributed by atoms with van der Waals surface area (Å²) in [5.41, 5.74) is 6.49. The molecule has 82 valence electrons. The summed E-state index contributed by atoms with van der Waals surface area (Å²) in [5, 5.41) is 0. The number of nitrogens with two attached hydrogens (primary N) is 1. The average molecular weight is 279 g/mol. The Labute approximate surface area is 102 Å². The van der Waals surface area contributed by atoms with E-state index in [0.29, 0.717) is 24.0 Å². The van der Waals surface area contributed by atoms with Crippen molar-refractivity contribution in [2.24, 2.45) is 5.73 Å². The van der Waals surface area contributed by atoms with Gasteiger partial charge in [0.15, 0.2) is 5.82 Å². The normalized spacial score (nSPS) is 10.4. The second-order valence-electron chi connectivity index (χ2n) is 3.34. The predicted molar refractivity (Wildman–Crippen MR) is 65.6 cm³/mol. The van der Waals surface area contributed by atoms with Crippen molar-refractivity contribution in [1.29, 1.82) is 0 Å². The van der Waals surface area contributed by atoms with Gasteiger partial charge >= 0.3 is 0 Å². The summed E-state index contributed by atoms with van der Waals surface area (Å²) in [5.74, 6) is 1.96. The largest absolute Gasteiger partial charge is 0.324 e. The summed E-state index contributed by atoms with van der Waals surface area (Å²) in [6, 6.07) is 7.83. The van der Waals surface area contributed by atoms with Crippen molar-refractivity contribution in [3.8, 4) is 11.4 Å². The van der Waals surface area contributed by atoms with E-state index in [4.69, 9.17) is 5.73 Å². The highest BCUT2D eigenvalue weighted by molar-refractivity contribution is 9.10. The molecule has 0 aliphatic carbocycles. The van der Waals surface area contributed by atoms with Gasteiger partial charge in [0, 0.05) is 10.0 Å². The minimum atomic E-state index is 0.324. The van der Waals surface area contributed by atoms with Gasteiger partial charge in [0.05, 0.1) is 6.54 Å². The molecule has 0 radical (unpaired) electrons. The minimum absolute atomic E-state index is 0.324. The maximum Gasteiger partial charge on any atom is 0.163 e. The number of benzene rings is 1. The minimum Gasteiger partial charge on any atom is -0.324 e. The summed E-state index contributed by atoms with van der Waals surface area (Å²) < 4.78 is 0.998. The Bertz CT molecular complexity index is 513. The third-order valence-electron chi connectivity index (χ3n) is 2.06. The number of rotatable bonds is 2. The van der Waals surface area contributed by atoms with Crippen LogP contribution in [0.15, 0.2) is 28.7 Å². The van der Waals surface area contributed by atoms with Gasteiger partial charge in [0.2, 0.25) is 0 Å². The van der Waals surface area contributed by atoms with Gasteiger partial charge in [-0.1, -0.05) is 28.1 Å². The Morgan fingerprint density at radius 1 is 1.25 bits per heavy atom. The molecule has 2 aromatic rings. The zero-order valence-corrected chi connectivity index (χ0v) is 10.4. The van der Waals surface area contributed by atoms with Crippen LogP contribution >= 0.6 is 15.9 Å². The molecule has 2 N–H and O–H groups in total. The molecule has 0 aliphatic heterocycles. The van der Waals surface area contributed by atoms with Crippen molar-refractivity contribution in [2.45, 2.75) is 13.5 Å². The van der Waals surface area contributed by atoms with E-state index in [0.717, 1.165) is 10.0 Å². The van der Waals surface area contributed by atoms with E-state index in [1.807, 2.05) is 31.2 Å². The number of hydrogen-bond donors (Lipinski definition) is 1. The first-order valence-electron chi connectivity index (χ1n) is 4.86. The first-order chi connectivity index (χ1) is 7.69. The van der Waals surface area contributed by atoms with Crippen LogP contribution in [-0.4, -0.2) is 15.0 Å². The number of halogens is 1. The van der Waals surface area contributed by atoms with Gasteiger partial charge in [-0.3, -0.25) is 0 Å². The average Bonchev–Trinajstić information content (AvgIpc) is 2.28. The van der Waals surface area contributed by atoms with Gasteiger partial charge in [-0.15, -0.1) is 0 Å². The van der Waals surface area contributed by atoms with Crippen LogP contribution in [0.1, 0.15) is 11.6 Å². The fourth-order valence-electron chi connectivity index (χ4n) is 1.39. The Morgan fingerprint density at radius 2 is 2.06 bits per heavy atom. The highest BCUT2D eigenvalue weighted by Crippen LogP contribution is 2.19. The first-order valence-corrected chi connectivity index (χ1v) is 5.66. The number of hydrogen-bond acceptors (Lipinski definition) is 4. The highest BCUT2D eigenvalue weighted by atomic mass is 79.9. The SMILES string of the molecule is Cc1nc(CN)nc(-c2cccc(Br)c2)n1. The molecule has 16 heavy (non-hydrogen) atoms. The van der Waals surface area contributed by atoms with E-state index in [9.17, 15) is 0 Å². The van der Waals surface area contributed by atoms with E-state index < -0.39 is 0 Å². The van der Waals surface area contributed by atoms with Crippen LogP contribution in [-0.2, 0) is 6.54 Å². The molecule has 1 aromatic heterocycles. The van der Waals surface area contributed by atoms with Crippen LogP contribution in [0.2, 0.25) is 0 Å². The zero-order valence-electron chi connectivity index (χ0n) is 8.81. The van der Waals surface area contributed by atoms with E-state index in [2.05, 4.69) is 30.9 Å². The van der Waals surface area contributed by atoms with Gasteiger partial charge in [-0.05, 0) is 19.1 Å². The van der Waals surface area contributed by atoms with Crippen molar-refractivity contribution in [2.75, 3.05) is 0 Å². The van der Waals surface area contributed by atoms with Crippen LogP contribution < -0.4 is 5.73 Å². The third kappa shape index (κ3) is 2.43. The van der Waals surface area contributed by atoms with E-state index in [-0.39, 0.29) is 0 Å². The molecule has 0 bridgehead atoms. The van der Waals surface area contributed by atoms with Crippen LogP contribution in [0.4, 0.5) is 0 Å². The summed E-state index contributed by atoms with van der Waals surface area (Å²) in [7, 11) is 0. The predicted octanol–water partition coefficient (Wildman–Crippen LogP) is 2.07. The molecule has 0 spiro atoms. The standard InChI is InChI=1S/C11H11BrN4/c1-7-14-10(6-13)16-11(15-7)8-3-2-4-9(12)5-8/h2-5H,6,13H2,1H3. The molecule has 4 nitrogen and oxygen atoms in total. The quantitative estimate of drug-likeness (QED) is 0.914. The smallest absolute Gasteiger partial charge is 0.163 e. The Kier molecular flexibility index (Phi) is 3.26. The summed E-state index contributed by atoms with van der Waals surface area (Å²) in [6.45, 7) is 2.16. The van der Waals surface area contributed by atoms with Crippen molar-refractivity contribution in [3.05, 3.63) is 40.4 Å².